The van der Waals surface area contributed by atoms with Crippen molar-refractivity contribution in [3.8, 4) is 5.75 Å². The molecule has 0 atom stereocenters. The monoisotopic (exact) mass is 440 g/mol. The number of para-hydroxylation sites is 2. The van der Waals surface area contributed by atoms with E-state index in [-0.39, 0.29) is 5.75 Å². The summed E-state index contributed by atoms with van der Waals surface area (Å²) in [7, 11) is 0. The maximum absolute atomic E-state index is 12.6. The predicted octanol–water partition coefficient (Wildman–Crippen LogP) is 7.08. The summed E-state index contributed by atoms with van der Waals surface area (Å²) in [5.41, 5.74) is 4.06. The molecule has 3 aromatic carbocycles. The first-order valence-corrected chi connectivity index (χ1v) is 9.92. The first-order chi connectivity index (χ1) is 14.9. The van der Waals surface area contributed by atoms with Gasteiger partial charge in [-0.05, 0) is 29.8 Å². The lowest BCUT2D eigenvalue weighted by atomic mass is 9.83. The minimum absolute atomic E-state index is 0.298. The van der Waals surface area contributed by atoms with E-state index in [4.69, 9.17) is 11.6 Å². The van der Waals surface area contributed by atoms with E-state index in [2.05, 4.69) is 14.7 Å². The topological polar surface area (TPSA) is 40.8 Å². The van der Waals surface area contributed by atoms with Gasteiger partial charge in [-0.1, -0.05) is 48.5 Å². The van der Waals surface area contributed by atoms with E-state index in [1.807, 2.05) is 60.9 Å². The van der Waals surface area contributed by atoms with Crippen molar-refractivity contribution in [2.45, 2.75) is 11.2 Å². The Balaban J connectivity index is 1.74. The molecule has 2 aromatic heterocycles. The van der Waals surface area contributed by atoms with Crippen LogP contribution < -0.4 is 4.74 Å². The van der Waals surface area contributed by atoms with Crippen molar-refractivity contribution >= 4 is 33.4 Å². The minimum atomic E-state index is -4.76. The highest BCUT2D eigenvalue weighted by atomic mass is 35.5. The second kappa shape index (κ2) is 7.10. The number of benzene rings is 3. The number of halogens is 4. The molecule has 0 bridgehead atoms. The van der Waals surface area contributed by atoms with Crippen LogP contribution in [0.5, 0.6) is 5.75 Å². The molecule has 0 saturated carbocycles. The van der Waals surface area contributed by atoms with Crippen molar-refractivity contribution in [3.63, 3.8) is 0 Å². The van der Waals surface area contributed by atoms with Crippen LogP contribution in [0.2, 0.25) is 0 Å². The van der Waals surface area contributed by atoms with Gasteiger partial charge in [-0.15, -0.1) is 24.8 Å². The van der Waals surface area contributed by atoms with E-state index in [0.29, 0.717) is 5.56 Å². The summed E-state index contributed by atoms with van der Waals surface area (Å²) >= 11 is 7.44. The van der Waals surface area contributed by atoms with Gasteiger partial charge in [0.15, 0.2) is 0 Å². The van der Waals surface area contributed by atoms with Crippen LogP contribution in [-0.2, 0) is 4.87 Å². The normalized spacial score (nSPS) is 12.5. The highest BCUT2D eigenvalue weighted by Gasteiger charge is 2.39. The average molecular weight is 441 g/mol. The zero-order valence-corrected chi connectivity index (χ0v) is 16.8. The number of hydrogen-bond acceptors (Lipinski definition) is 1. The summed E-state index contributed by atoms with van der Waals surface area (Å²) in [5, 5.41) is 1.86. The number of nitrogens with one attached hydrogen (secondary N) is 2. The van der Waals surface area contributed by atoms with Crippen LogP contribution in [0.4, 0.5) is 13.2 Å². The summed E-state index contributed by atoms with van der Waals surface area (Å²) in [6, 6.07) is 21.2. The Hall–Kier alpha value is -3.38. The summed E-state index contributed by atoms with van der Waals surface area (Å²) < 4.78 is 41.9. The van der Waals surface area contributed by atoms with Gasteiger partial charge in [-0.25, -0.2) is 0 Å². The Labute approximate surface area is 180 Å². The molecule has 0 amide bonds. The SMILES string of the molecule is FC(F)(F)Oc1ccc(C(Cl)(c2c[nH]c3ccccc23)c2c[nH]c3ccccc23)cc1. The second-order valence-electron chi connectivity index (χ2n) is 7.23. The molecule has 7 heteroatoms. The van der Waals surface area contributed by atoms with Gasteiger partial charge < -0.3 is 14.7 Å². The molecule has 2 N–H and O–H groups in total. The summed E-state index contributed by atoms with van der Waals surface area (Å²) in [5.74, 6) is -0.298. The Morgan fingerprint density at radius 2 is 1.16 bits per heavy atom. The summed E-state index contributed by atoms with van der Waals surface area (Å²) in [4.78, 5) is 5.34. The molecule has 0 fully saturated rings. The molecule has 3 nitrogen and oxygen atoms in total. The number of hydrogen-bond donors (Lipinski definition) is 2. The summed E-state index contributed by atoms with van der Waals surface area (Å²) in [6.07, 6.45) is -1.06. The zero-order valence-electron chi connectivity index (χ0n) is 16.0. The van der Waals surface area contributed by atoms with E-state index < -0.39 is 11.2 Å². The number of aromatic nitrogens is 2. The molecule has 156 valence electrons. The third-order valence-electron chi connectivity index (χ3n) is 5.41. The van der Waals surface area contributed by atoms with Crippen LogP contribution >= 0.6 is 11.6 Å². The van der Waals surface area contributed by atoms with E-state index in [0.717, 1.165) is 32.9 Å². The standard InChI is InChI=1S/C24H16ClF3N2O/c25-23(19-13-29-21-7-3-1-5-17(19)21,20-14-30-22-8-4-2-6-18(20)22)15-9-11-16(12-10-15)31-24(26,27)28/h1-14,29-30H. The number of fused-ring (bicyclic) bond motifs is 2. The maximum atomic E-state index is 12.6. The lowest BCUT2D eigenvalue weighted by Crippen LogP contribution is -2.22. The molecule has 0 aliphatic heterocycles. The molecule has 0 aliphatic rings. The van der Waals surface area contributed by atoms with Gasteiger partial charge in [-0.3, -0.25) is 0 Å². The number of ether oxygens (including phenoxy) is 1. The molecular weight excluding hydrogens is 425 g/mol. The van der Waals surface area contributed by atoms with Crippen LogP contribution in [0.3, 0.4) is 0 Å². The van der Waals surface area contributed by atoms with E-state index in [1.165, 1.54) is 12.1 Å². The van der Waals surface area contributed by atoms with Crippen molar-refractivity contribution in [3.05, 3.63) is 102 Å². The third kappa shape index (κ3) is 3.33. The molecule has 0 spiro atoms. The second-order valence-corrected chi connectivity index (χ2v) is 7.79. The quantitative estimate of drug-likeness (QED) is 0.288. The minimum Gasteiger partial charge on any atom is -0.406 e. The molecule has 0 saturated heterocycles. The molecule has 0 radical (unpaired) electrons. The molecule has 31 heavy (non-hydrogen) atoms. The average Bonchev–Trinajstić information content (AvgIpc) is 3.38. The maximum Gasteiger partial charge on any atom is 0.573 e. The van der Waals surface area contributed by atoms with Crippen molar-refractivity contribution in [1.29, 1.82) is 0 Å². The molecule has 5 rings (SSSR count). The smallest absolute Gasteiger partial charge is 0.406 e. The number of alkyl halides is 4. The zero-order chi connectivity index (χ0) is 21.6. The lowest BCUT2D eigenvalue weighted by molar-refractivity contribution is -0.274. The van der Waals surface area contributed by atoms with Crippen LogP contribution in [-0.4, -0.2) is 16.3 Å². The Morgan fingerprint density at radius 1 is 0.677 bits per heavy atom. The summed E-state index contributed by atoms with van der Waals surface area (Å²) in [6.45, 7) is 0. The fourth-order valence-corrected chi connectivity index (χ4v) is 4.49. The lowest BCUT2D eigenvalue weighted by Gasteiger charge is -2.28. The predicted molar refractivity (Wildman–Crippen MR) is 115 cm³/mol. The van der Waals surface area contributed by atoms with Gasteiger partial charge in [0.2, 0.25) is 0 Å². The highest BCUT2D eigenvalue weighted by molar-refractivity contribution is 6.30. The molecule has 2 heterocycles. The first-order valence-electron chi connectivity index (χ1n) is 9.54. The van der Waals surface area contributed by atoms with Gasteiger partial charge in [0.05, 0.1) is 0 Å². The van der Waals surface area contributed by atoms with Crippen molar-refractivity contribution in [2.24, 2.45) is 0 Å². The fourth-order valence-electron chi connectivity index (χ4n) is 4.06. The third-order valence-corrected chi connectivity index (χ3v) is 6.03. The van der Waals surface area contributed by atoms with Crippen LogP contribution in [0.15, 0.2) is 85.2 Å². The Kier molecular flexibility index (Phi) is 4.48. The van der Waals surface area contributed by atoms with Gasteiger partial charge in [0.1, 0.15) is 10.6 Å². The fraction of sp³-hybridized carbons (Fsp3) is 0.0833. The number of H-pyrrole nitrogens is 2. The van der Waals surface area contributed by atoms with E-state index in [9.17, 15) is 13.2 Å². The Bertz CT molecular complexity index is 1300. The Morgan fingerprint density at radius 3 is 1.65 bits per heavy atom. The van der Waals surface area contributed by atoms with Crippen molar-refractivity contribution in [1.82, 2.24) is 9.97 Å². The van der Waals surface area contributed by atoms with Crippen LogP contribution in [0.1, 0.15) is 16.7 Å². The molecule has 0 aliphatic carbocycles. The van der Waals surface area contributed by atoms with Gasteiger partial charge in [0.25, 0.3) is 0 Å². The van der Waals surface area contributed by atoms with Crippen LogP contribution in [0, 0.1) is 0 Å². The molecule has 0 unspecified atom stereocenters. The number of aromatic amines is 2. The van der Waals surface area contributed by atoms with Gasteiger partial charge >= 0.3 is 6.36 Å². The highest BCUT2D eigenvalue weighted by Crippen LogP contribution is 2.48. The molecule has 5 aromatic rings. The van der Waals surface area contributed by atoms with Crippen molar-refractivity contribution in [2.75, 3.05) is 0 Å². The van der Waals surface area contributed by atoms with E-state index >= 15 is 0 Å². The number of rotatable bonds is 4. The van der Waals surface area contributed by atoms with Crippen molar-refractivity contribution < 1.29 is 17.9 Å². The van der Waals surface area contributed by atoms with Gasteiger partial charge in [0, 0.05) is 45.3 Å². The van der Waals surface area contributed by atoms with Gasteiger partial charge in [-0.2, -0.15) is 0 Å². The first kappa shape index (κ1) is 19.6. The molecular formula is C24H16ClF3N2O. The van der Waals surface area contributed by atoms with E-state index in [1.54, 1.807) is 12.1 Å². The largest absolute Gasteiger partial charge is 0.573 e. The van der Waals surface area contributed by atoms with Crippen LogP contribution in [0.25, 0.3) is 21.8 Å².